The normalized spacial score (nSPS) is 22.7. The van der Waals surface area contributed by atoms with Crippen LogP contribution in [0.3, 0.4) is 0 Å². The van der Waals surface area contributed by atoms with Crippen molar-refractivity contribution in [2.45, 2.75) is 251 Å². The molecule has 29 nitrogen and oxygen atoms in total. The molecule has 29 heteroatoms. The quantitative estimate of drug-likeness (QED) is 0.0366. The van der Waals surface area contributed by atoms with Gasteiger partial charge in [0.15, 0.2) is 5.78 Å². The van der Waals surface area contributed by atoms with E-state index in [1.807, 2.05) is 58.0 Å². The van der Waals surface area contributed by atoms with Crippen LogP contribution in [0.15, 0.2) is 72.9 Å². The van der Waals surface area contributed by atoms with Gasteiger partial charge in [0.1, 0.15) is 41.8 Å². The van der Waals surface area contributed by atoms with Gasteiger partial charge in [-0.1, -0.05) is 114 Å². The Morgan fingerprint density at radius 1 is 0.644 bits per heavy atom. The molecule has 0 aliphatic carbocycles. The number of nitrogens with one attached hydrogen (secondary N) is 11. The number of ketones is 3. The van der Waals surface area contributed by atoms with Crippen molar-refractivity contribution in [1.29, 1.82) is 0 Å². The van der Waals surface area contributed by atoms with Crippen LogP contribution in [-0.2, 0) is 80.0 Å². The number of aromatic nitrogens is 1. The predicted octanol–water partition coefficient (Wildman–Crippen LogP) is 2.15. The number of primary amides is 2. The van der Waals surface area contributed by atoms with Crippen molar-refractivity contribution < 1.29 is 77.3 Å². The van der Waals surface area contributed by atoms with E-state index >= 15 is 14.4 Å². The Kier molecular flexibility index (Phi) is 35.6. The molecular weight excluding hydrogens is 1340 g/mol. The first kappa shape index (κ1) is 87.2. The van der Waals surface area contributed by atoms with Gasteiger partial charge >= 0.3 is 0 Å². The van der Waals surface area contributed by atoms with Gasteiger partial charge in [-0.3, -0.25) is 67.1 Å². The molecule has 1 aromatic heterocycles. The van der Waals surface area contributed by atoms with E-state index in [-0.39, 0.29) is 63.3 Å². The minimum absolute atomic E-state index is 0.0165. The standard InChI is InChI=1S/C75H113N13O16/c1-43(2)30-31-51-40-79-56(32-33-61(76)93)64(95)63(94)45(5)80-67(98)52(38-53-41-78-55-29-23-22-28-54(53)55)39-60(92)74(10,88-71(102)58(37-50-26-20-19-21-27-50)84-72(103)62(48(8)90)86-69(100)57(36-44(3)4)83-49(9)91)34-24-17-15-13-12-14-16-18-25-35-75(11,87-68(51)99)73(104)85-59(42-89)70(101)82-47(7)66(97)81-46(6)65(77)96/h14,16,19-23,26-29,41,43-48,51-52,56-59,62,78-79,89-90H,12-13,15,17-18,24-25,30-40,42H2,1-11H3,(H2,76,93)(H2,77,96)(H,80,98)(H,81,97)(H,82,101)(H,83,91)(H,84,103)(H,85,104)(H,86,100)(H,87,99)(H,88,102)/b16-14+/t45-,46?,47-,48+,51+,52+,56-,57-,58-,59?,62-,74+,75-/m0/s1. The number of hydrogen-bond donors (Lipinski definition) is 15. The maximum Gasteiger partial charge on any atom is 0.246 e. The van der Waals surface area contributed by atoms with E-state index in [1.54, 1.807) is 42.6 Å². The lowest BCUT2D eigenvalue weighted by Gasteiger charge is -2.33. The van der Waals surface area contributed by atoms with E-state index in [2.05, 4.69) is 58.2 Å². The molecule has 1 aliphatic rings. The number of carbonyl (C=O) groups excluding carboxylic acids is 14. The number of Topliss-reactive ketones (excluding diaryl/α,β-unsaturated/α-hetero) is 3. The van der Waals surface area contributed by atoms with E-state index < -0.39 is 179 Å². The summed E-state index contributed by atoms with van der Waals surface area (Å²) in [6.07, 6.45) is 6.97. The lowest BCUT2D eigenvalue weighted by Crippen LogP contribution is -2.63. The van der Waals surface area contributed by atoms with Gasteiger partial charge in [0.25, 0.3) is 0 Å². The van der Waals surface area contributed by atoms with Crippen LogP contribution in [0.4, 0.5) is 0 Å². The molecular formula is C75H113N13O16. The molecule has 1 aliphatic heterocycles. The maximum absolute atomic E-state index is 15.5. The van der Waals surface area contributed by atoms with Crippen LogP contribution in [0.5, 0.6) is 0 Å². The molecule has 0 bridgehead atoms. The second kappa shape index (κ2) is 42.5. The molecule has 11 amide bonds. The zero-order chi connectivity index (χ0) is 77.6. The SMILES string of the molecule is CC(=O)N[C@@H](CC(C)C)C(=O)N[C@H](C(=O)N[C@@H](Cc1ccccc1)C(=O)N[C@]1(C)CCCCCC/C=C/CCC[C@@](C)(C(=O)NC(CO)C(=O)N[C@@H](C)C(=O)NC(C)C(N)=O)NC(=O)[C@H](CCC(C)C)CN[C@@H](CCC(N)=O)C(=O)C(=O)[C@H](C)NC(=O)[C@H](Cc2c[nH]c3ccccc23)CC1=O)[C@@H](C)O. The van der Waals surface area contributed by atoms with Crippen molar-refractivity contribution in [1.82, 2.24) is 58.2 Å². The number of H-pyrrole nitrogens is 1. The van der Waals surface area contributed by atoms with Crippen LogP contribution in [-0.4, -0.2) is 176 Å². The number of nitrogens with two attached hydrogens (primary N) is 2. The molecule has 13 atom stereocenters. The smallest absolute Gasteiger partial charge is 0.246 e. The number of benzene rings is 2. The molecule has 0 radical (unpaired) electrons. The Balaban J connectivity index is 1.80. The number of carbonyl (C=O) groups is 14. The first-order valence-corrected chi connectivity index (χ1v) is 36.2. The summed E-state index contributed by atoms with van der Waals surface area (Å²) in [5, 5.41) is 48.8. The molecule has 104 heavy (non-hydrogen) atoms. The highest BCUT2D eigenvalue weighted by Gasteiger charge is 2.43. The number of aliphatic hydroxyl groups excluding tert-OH is 2. The fourth-order valence-corrected chi connectivity index (χ4v) is 12.2. The Morgan fingerprint density at radius 3 is 1.90 bits per heavy atom. The molecule has 2 aromatic carbocycles. The van der Waals surface area contributed by atoms with Gasteiger partial charge in [0.2, 0.25) is 76.5 Å². The Hall–Kier alpha value is -9.22. The molecule has 2 unspecified atom stereocenters. The summed E-state index contributed by atoms with van der Waals surface area (Å²) in [5.74, 6) is -13.9. The lowest BCUT2D eigenvalue weighted by atomic mass is 9.82. The Labute approximate surface area is 609 Å². The highest BCUT2D eigenvalue weighted by molar-refractivity contribution is 6.41. The summed E-state index contributed by atoms with van der Waals surface area (Å²) in [7, 11) is 0. The largest absolute Gasteiger partial charge is 0.394 e. The third-order valence-corrected chi connectivity index (χ3v) is 18.7. The zero-order valence-corrected chi connectivity index (χ0v) is 62.1. The molecule has 0 spiro atoms. The summed E-state index contributed by atoms with van der Waals surface area (Å²) >= 11 is 0. The number of hydrogen-bond acceptors (Lipinski definition) is 17. The third kappa shape index (κ3) is 28.4. The Bertz CT molecular complexity index is 3490. The zero-order valence-electron chi connectivity index (χ0n) is 62.1. The summed E-state index contributed by atoms with van der Waals surface area (Å²) in [6.45, 7) is 15.7. The number of fused-ring (bicyclic) bond motifs is 1. The number of aliphatic hydroxyl groups is 2. The fraction of sp³-hybridized carbons (Fsp3) is 0.600. The highest BCUT2D eigenvalue weighted by atomic mass is 16.3. The molecule has 17 N–H and O–H groups in total. The third-order valence-electron chi connectivity index (χ3n) is 18.7. The molecule has 0 saturated carbocycles. The highest BCUT2D eigenvalue weighted by Crippen LogP contribution is 2.28. The van der Waals surface area contributed by atoms with Crippen LogP contribution in [0, 0.1) is 23.7 Å². The average molecular weight is 1450 g/mol. The summed E-state index contributed by atoms with van der Waals surface area (Å²) in [4.78, 5) is 198. The van der Waals surface area contributed by atoms with Crippen molar-refractivity contribution >= 4 is 93.2 Å². The number of rotatable bonds is 28. The first-order chi connectivity index (χ1) is 49.0. The number of para-hydroxylation sites is 1. The van der Waals surface area contributed by atoms with Gasteiger partial charge in [-0.15, -0.1) is 0 Å². The van der Waals surface area contributed by atoms with E-state index in [9.17, 15) is 63.0 Å². The van der Waals surface area contributed by atoms with Gasteiger partial charge in [-0.2, -0.15) is 0 Å². The van der Waals surface area contributed by atoms with E-state index in [4.69, 9.17) is 11.5 Å². The lowest BCUT2D eigenvalue weighted by molar-refractivity contribution is -0.141. The van der Waals surface area contributed by atoms with Crippen LogP contribution in [0.1, 0.15) is 184 Å². The van der Waals surface area contributed by atoms with Crippen LogP contribution < -0.4 is 64.6 Å². The van der Waals surface area contributed by atoms with Crippen LogP contribution in [0.2, 0.25) is 0 Å². The van der Waals surface area contributed by atoms with Crippen molar-refractivity contribution in [2.75, 3.05) is 13.2 Å². The molecule has 4 rings (SSSR count). The Morgan fingerprint density at radius 2 is 1.28 bits per heavy atom. The van der Waals surface area contributed by atoms with Gasteiger partial charge < -0.3 is 79.8 Å². The molecule has 574 valence electrons. The number of allylic oxidation sites excluding steroid dienone is 2. The second-order valence-corrected chi connectivity index (χ2v) is 28.9. The second-order valence-electron chi connectivity index (χ2n) is 28.9. The summed E-state index contributed by atoms with van der Waals surface area (Å²) in [6, 6.07) is 4.80. The summed E-state index contributed by atoms with van der Waals surface area (Å²) < 4.78 is 0. The maximum atomic E-state index is 15.5. The molecule has 3 aromatic rings. The first-order valence-electron chi connectivity index (χ1n) is 36.2. The number of amides is 11. The monoisotopic (exact) mass is 1450 g/mol. The minimum Gasteiger partial charge on any atom is -0.394 e. The van der Waals surface area contributed by atoms with Crippen molar-refractivity contribution in [3.8, 4) is 0 Å². The van der Waals surface area contributed by atoms with E-state index in [0.29, 0.717) is 62.5 Å². The van der Waals surface area contributed by atoms with E-state index in [0.717, 1.165) is 10.9 Å². The molecule has 2 heterocycles. The predicted molar refractivity (Wildman–Crippen MR) is 390 cm³/mol. The van der Waals surface area contributed by atoms with Gasteiger partial charge in [-0.05, 0) is 135 Å². The molecule has 0 saturated heterocycles. The topological polar surface area (TPSA) is 468 Å². The van der Waals surface area contributed by atoms with Crippen molar-refractivity contribution in [3.63, 3.8) is 0 Å². The number of aromatic amines is 1. The van der Waals surface area contributed by atoms with Crippen molar-refractivity contribution in [2.24, 2.45) is 35.1 Å². The van der Waals surface area contributed by atoms with Gasteiger partial charge in [0.05, 0.1) is 36.3 Å². The van der Waals surface area contributed by atoms with Crippen LogP contribution >= 0.6 is 0 Å². The van der Waals surface area contributed by atoms with E-state index in [1.165, 1.54) is 48.5 Å². The molecule has 0 fully saturated rings. The minimum atomic E-state index is -1.78. The fourth-order valence-electron chi connectivity index (χ4n) is 12.2. The average Bonchev–Trinajstić information content (AvgIpc) is 1.42. The van der Waals surface area contributed by atoms with Crippen molar-refractivity contribution in [3.05, 3.63) is 84.1 Å². The summed E-state index contributed by atoms with van der Waals surface area (Å²) in [5.41, 5.74) is 9.27. The van der Waals surface area contributed by atoms with Crippen LogP contribution in [0.25, 0.3) is 10.9 Å². The van der Waals surface area contributed by atoms with Gasteiger partial charge in [-0.25, -0.2) is 0 Å². The van der Waals surface area contributed by atoms with Gasteiger partial charge in [0, 0.05) is 55.7 Å².